The molecule has 2 aromatic carbocycles. The summed E-state index contributed by atoms with van der Waals surface area (Å²) < 4.78 is 0. The molecule has 2 aliphatic heterocycles. The number of amides is 1. The zero-order valence-corrected chi connectivity index (χ0v) is 16.4. The summed E-state index contributed by atoms with van der Waals surface area (Å²) in [6.07, 6.45) is 3.13. The van der Waals surface area contributed by atoms with Gasteiger partial charge >= 0.3 is 0 Å². The highest BCUT2D eigenvalue weighted by molar-refractivity contribution is 5.94. The van der Waals surface area contributed by atoms with Gasteiger partial charge in [-0.25, -0.2) is 9.97 Å². The third-order valence-corrected chi connectivity index (χ3v) is 5.78. The average molecular weight is 384 g/mol. The van der Waals surface area contributed by atoms with Crippen LogP contribution in [0, 0.1) is 0 Å². The number of aromatic nitrogens is 2. The second kappa shape index (κ2) is 7.66. The monoisotopic (exact) mass is 384 g/mol. The lowest BCUT2D eigenvalue weighted by molar-refractivity contribution is 0.0733. The number of hydrogen-bond donors (Lipinski definition) is 0. The Kier molecular flexibility index (Phi) is 4.72. The van der Waals surface area contributed by atoms with Crippen LogP contribution in [0.1, 0.15) is 34.5 Å². The lowest BCUT2D eigenvalue weighted by Gasteiger charge is -2.32. The van der Waals surface area contributed by atoms with Crippen molar-refractivity contribution in [2.24, 2.45) is 0 Å². The molecule has 29 heavy (non-hydrogen) atoms. The van der Waals surface area contributed by atoms with Gasteiger partial charge in [0.05, 0.1) is 12.2 Å². The number of fused-ring (bicyclic) bond motifs is 1. The number of hydrogen-bond acceptors (Lipinski definition) is 4. The van der Waals surface area contributed by atoms with E-state index >= 15 is 0 Å². The number of carbonyl (C=O) groups excluding carboxylic acids is 1. The Morgan fingerprint density at radius 1 is 0.828 bits per heavy atom. The van der Waals surface area contributed by atoms with Gasteiger partial charge < -0.3 is 9.80 Å². The average Bonchev–Trinajstić information content (AvgIpc) is 3.33. The number of nitrogens with zero attached hydrogens (tertiary/aromatic N) is 4. The standard InChI is InChI=1S/C24H24N4O/c29-24(19-11-5-2-6-12-19)28-16-13-21-20(17-28)23(27-14-7-8-15-27)26-22(25-21)18-9-3-1-4-10-18/h1-6,9-12H,7-8,13-17H2. The highest BCUT2D eigenvalue weighted by atomic mass is 16.2. The van der Waals surface area contributed by atoms with Gasteiger partial charge in [-0.05, 0) is 25.0 Å². The largest absolute Gasteiger partial charge is 0.356 e. The highest BCUT2D eigenvalue weighted by Crippen LogP contribution is 2.31. The second-order valence-corrected chi connectivity index (χ2v) is 7.70. The lowest BCUT2D eigenvalue weighted by Crippen LogP contribution is -2.38. The molecular formula is C24H24N4O. The molecule has 3 heterocycles. The van der Waals surface area contributed by atoms with E-state index in [-0.39, 0.29) is 5.91 Å². The van der Waals surface area contributed by atoms with E-state index in [1.54, 1.807) is 0 Å². The van der Waals surface area contributed by atoms with Crippen LogP contribution in [0.4, 0.5) is 5.82 Å². The molecule has 5 nitrogen and oxygen atoms in total. The van der Waals surface area contributed by atoms with Crippen molar-refractivity contribution in [1.29, 1.82) is 0 Å². The van der Waals surface area contributed by atoms with Crippen molar-refractivity contribution in [3.8, 4) is 11.4 Å². The van der Waals surface area contributed by atoms with E-state index in [4.69, 9.17) is 9.97 Å². The molecule has 0 atom stereocenters. The van der Waals surface area contributed by atoms with Gasteiger partial charge in [0, 0.05) is 42.7 Å². The molecule has 1 fully saturated rings. The van der Waals surface area contributed by atoms with E-state index in [0.717, 1.165) is 53.5 Å². The van der Waals surface area contributed by atoms with Crippen LogP contribution in [-0.2, 0) is 13.0 Å². The van der Waals surface area contributed by atoms with Gasteiger partial charge in [-0.3, -0.25) is 4.79 Å². The van der Waals surface area contributed by atoms with Crippen LogP contribution in [0.5, 0.6) is 0 Å². The summed E-state index contributed by atoms with van der Waals surface area (Å²) in [5.41, 5.74) is 3.97. The maximum absolute atomic E-state index is 13.0. The van der Waals surface area contributed by atoms with Gasteiger partial charge in [0.25, 0.3) is 5.91 Å². The van der Waals surface area contributed by atoms with Crippen LogP contribution in [0.3, 0.4) is 0 Å². The summed E-state index contributed by atoms with van der Waals surface area (Å²) in [6, 6.07) is 19.7. The Morgan fingerprint density at radius 3 is 2.24 bits per heavy atom. The van der Waals surface area contributed by atoms with E-state index in [0.29, 0.717) is 13.1 Å². The van der Waals surface area contributed by atoms with Gasteiger partial charge in [0.15, 0.2) is 5.82 Å². The number of rotatable bonds is 3. The highest BCUT2D eigenvalue weighted by Gasteiger charge is 2.29. The zero-order chi connectivity index (χ0) is 19.6. The van der Waals surface area contributed by atoms with Crippen molar-refractivity contribution in [2.45, 2.75) is 25.8 Å². The molecule has 3 aromatic rings. The fraction of sp³-hybridized carbons (Fsp3) is 0.292. The predicted octanol–water partition coefficient (Wildman–Crippen LogP) is 3.94. The summed E-state index contributed by atoms with van der Waals surface area (Å²) in [6.45, 7) is 3.30. The molecule has 0 N–H and O–H groups in total. The van der Waals surface area contributed by atoms with E-state index in [1.165, 1.54) is 12.8 Å². The molecule has 1 aromatic heterocycles. The Morgan fingerprint density at radius 2 is 1.52 bits per heavy atom. The Labute approximate surface area is 171 Å². The summed E-state index contributed by atoms with van der Waals surface area (Å²) in [4.78, 5) is 27.2. The van der Waals surface area contributed by atoms with Crippen LogP contribution < -0.4 is 4.90 Å². The SMILES string of the molecule is O=C(c1ccccc1)N1CCc2nc(-c3ccccc3)nc(N3CCCC3)c2C1. The molecule has 0 bridgehead atoms. The maximum atomic E-state index is 13.0. The molecule has 1 amide bonds. The number of anilines is 1. The van der Waals surface area contributed by atoms with E-state index in [2.05, 4.69) is 17.0 Å². The van der Waals surface area contributed by atoms with Crippen molar-refractivity contribution in [3.05, 3.63) is 77.5 Å². The van der Waals surface area contributed by atoms with Gasteiger partial charge in [0.1, 0.15) is 5.82 Å². The quantitative estimate of drug-likeness (QED) is 0.686. The minimum Gasteiger partial charge on any atom is -0.356 e. The first-order valence-electron chi connectivity index (χ1n) is 10.3. The molecule has 0 spiro atoms. The van der Waals surface area contributed by atoms with Crippen LogP contribution in [-0.4, -0.2) is 40.4 Å². The van der Waals surface area contributed by atoms with Gasteiger partial charge in [-0.15, -0.1) is 0 Å². The molecular weight excluding hydrogens is 360 g/mol. The first-order chi connectivity index (χ1) is 14.3. The fourth-order valence-electron chi connectivity index (χ4n) is 4.24. The predicted molar refractivity (Wildman–Crippen MR) is 114 cm³/mol. The van der Waals surface area contributed by atoms with Crippen molar-refractivity contribution >= 4 is 11.7 Å². The minimum atomic E-state index is 0.0794. The Hall–Kier alpha value is -3.21. The number of benzene rings is 2. The summed E-state index contributed by atoms with van der Waals surface area (Å²) in [7, 11) is 0. The molecule has 0 saturated carbocycles. The molecule has 0 radical (unpaired) electrons. The normalized spacial score (nSPS) is 16.0. The van der Waals surface area contributed by atoms with E-state index < -0.39 is 0 Å². The van der Waals surface area contributed by atoms with Gasteiger partial charge in [0.2, 0.25) is 0 Å². The summed E-state index contributed by atoms with van der Waals surface area (Å²) in [5.74, 6) is 1.88. The molecule has 5 heteroatoms. The van der Waals surface area contributed by atoms with E-state index in [9.17, 15) is 4.79 Å². The van der Waals surface area contributed by atoms with E-state index in [1.807, 2.05) is 53.4 Å². The third-order valence-electron chi connectivity index (χ3n) is 5.78. The first-order valence-corrected chi connectivity index (χ1v) is 10.3. The van der Waals surface area contributed by atoms with Crippen molar-refractivity contribution in [1.82, 2.24) is 14.9 Å². The molecule has 2 aliphatic rings. The Bertz CT molecular complexity index is 1010. The van der Waals surface area contributed by atoms with Crippen molar-refractivity contribution in [3.63, 3.8) is 0 Å². The van der Waals surface area contributed by atoms with Crippen LogP contribution in [0.15, 0.2) is 60.7 Å². The first kappa shape index (κ1) is 17.9. The molecule has 146 valence electrons. The zero-order valence-electron chi connectivity index (χ0n) is 16.4. The molecule has 5 rings (SSSR count). The Balaban J connectivity index is 1.53. The molecule has 1 saturated heterocycles. The summed E-state index contributed by atoms with van der Waals surface area (Å²) >= 11 is 0. The number of carbonyl (C=O) groups is 1. The fourth-order valence-corrected chi connectivity index (χ4v) is 4.24. The lowest BCUT2D eigenvalue weighted by atomic mass is 10.0. The van der Waals surface area contributed by atoms with Gasteiger partial charge in [-0.1, -0.05) is 48.5 Å². The van der Waals surface area contributed by atoms with Crippen molar-refractivity contribution in [2.75, 3.05) is 24.5 Å². The molecule has 0 aliphatic carbocycles. The summed E-state index contributed by atoms with van der Waals surface area (Å²) in [5, 5.41) is 0. The maximum Gasteiger partial charge on any atom is 0.254 e. The minimum absolute atomic E-state index is 0.0794. The van der Waals surface area contributed by atoms with Crippen molar-refractivity contribution < 1.29 is 4.79 Å². The molecule has 0 unspecified atom stereocenters. The van der Waals surface area contributed by atoms with Gasteiger partial charge in [-0.2, -0.15) is 0 Å². The third kappa shape index (κ3) is 3.48. The van der Waals surface area contributed by atoms with Crippen LogP contribution in [0.2, 0.25) is 0 Å². The second-order valence-electron chi connectivity index (χ2n) is 7.70. The smallest absolute Gasteiger partial charge is 0.254 e. The topological polar surface area (TPSA) is 49.3 Å². The van der Waals surface area contributed by atoms with Crippen LogP contribution >= 0.6 is 0 Å². The van der Waals surface area contributed by atoms with Crippen LogP contribution in [0.25, 0.3) is 11.4 Å².